The van der Waals surface area contributed by atoms with Gasteiger partial charge in [-0.15, -0.1) is 0 Å². The number of hydrogen-bond acceptors (Lipinski definition) is 6. The molecular formula is C30H39NO5. The van der Waals surface area contributed by atoms with E-state index < -0.39 is 22.7 Å². The molecule has 0 aromatic heterocycles. The van der Waals surface area contributed by atoms with Gasteiger partial charge < -0.3 is 20.1 Å². The molecule has 194 valence electrons. The minimum Gasteiger partial charge on any atom is -0.458 e. The van der Waals surface area contributed by atoms with Gasteiger partial charge in [0.15, 0.2) is 0 Å². The van der Waals surface area contributed by atoms with Gasteiger partial charge in [-0.05, 0) is 80.3 Å². The molecule has 8 unspecified atom stereocenters. The number of aliphatic hydroxyl groups is 3. The number of benzene rings is 1. The van der Waals surface area contributed by atoms with Crippen LogP contribution in [0.3, 0.4) is 0 Å². The number of carbonyl (C=O) groups is 1. The summed E-state index contributed by atoms with van der Waals surface area (Å²) >= 11 is 0. The second-order valence-electron chi connectivity index (χ2n) is 12.5. The third kappa shape index (κ3) is 3.40. The van der Waals surface area contributed by atoms with Gasteiger partial charge in [-0.2, -0.15) is 0 Å². The van der Waals surface area contributed by atoms with Gasteiger partial charge in [-0.25, -0.2) is 4.79 Å². The Labute approximate surface area is 213 Å². The first kappa shape index (κ1) is 24.3. The number of nitrogens with zero attached hydrogens (tertiary/aromatic N) is 1. The minimum atomic E-state index is -1.01. The van der Waals surface area contributed by atoms with Crippen molar-refractivity contribution in [3.8, 4) is 0 Å². The molecule has 1 aromatic rings. The summed E-state index contributed by atoms with van der Waals surface area (Å²) in [5.41, 5.74) is -0.575. The first-order chi connectivity index (χ1) is 17.2. The van der Waals surface area contributed by atoms with Crippen LogP contribution in [0, 0.1) is 28.6 Å². The lowest BCUT2D eigenvalue weighted by molar-refractivity contribution is -0.237. The largest absolute Gasteiger partial charge is 0.458 e. The molecule has 0 spiro atoms. The highest BCUT2D eigenvalue weighted by Crippen LogP contribution is 2.70. The smallest absolute Gasteiger partial charge is 0.331 e. The van der Waals surface area contributed by atoms with Gasteiger partial charge >= 0.3 is 5.97 Å². The summed E-state index contributed by atoms with van der Waals surface area (Å²) in [6.07, 6.45) is 9.51. The van der Waals surface area contributed by atoms with Crippen molar-refractivity contribution in [1.82, 2.24) is 0 Å². The average molecular weight is 494 g/mol. The highest BCUT2D eigenvalue weighted by molar-refractivity contribution is 5.85. The Hall–Kier alpha value is -2.02. The molecule has 4 aliphatic carbocycles. The fourth-order valence-electron chi connectivity index (χ4n) is 9.26. The molecule has 1 heterocycles. The first-order valence-electron chi connectivity index (χ1n) is 13.8. The van der Waals surface area contributed by atoms with Crippen LogP contribution >= 0.6 is 0 Å². The molecule has 8 atom stereocenters. The number of fused-ring (bicyclic) bond motifs is 5. The molecule has 4 fully saturated rings. The summed E-state index contributed by atoms with van der Waals surface area (Å²) < 4.78 is 5.25. The van der Waals surface area contributed by atoms with Crippen LogP contribution in [0.25, 0.3) is 0 Å². The maximum Gasteiger partial charge on any atom is 0.331 e. The lowest BCUT2D eigenvalue weighted by Crippen LogP contribution is -2.68. The summed E-state index contributed by atoms with van der Waals surface area (Å²) in [5.74, 6) is 0.0375. The van der Waals surface area contributed by atoms with Gasteiger partial charge in [0.05, 0.1) is 23.9 Å². The monoisotopic (exact) mass is 493 g/mol. The van der Waals surface area contributed by atoms with E-state index in [0.29, 0.717) is 45.3 Å². The fourth-order valence-corrected chi connectivity index (χ4v) is 9.26. The molecule has 4 saturated carbocycles. The quantitative estimate of drug-likeness (QED) is 0.435. The molecule has 0 amide bonds. The summed E-state index contributed by atoms with van der Waals surface area (Å²) in [4.78, 5) is 16.7. The number of hydrogen-bond donors (Lipinski definition) is 3. The third-order valence-electron chi connectivity index (χ3n) is 11.1. The standard InChI is InChI=1S/C30H39NO5/c1-27-11-8-24-25(30(27,35)14-10-23(27)21-15-26(33)36-18-21)9-13-29(34)16-22(32)7-12-28(24,29)19-31-17-20-5-3-2-4-6-20/h2-6,15,19,22-25,32,34-35H,7-14,16-18H2,1H3. The molecule has 6 heteroatoms. The van der Waals surface area contributed by atoms with Crippen LogP contribution in [0.4, 0.5) is 0 Å². The number of cyclic esters (lactones) is 1. The van der Waals surface area contributed by atoms with E-state index in [4.69, 9.17) is 9.73 Å². The third-order valence-corrected chi connectivity index (χ3v) is 11.1. The zero-order valence-electron chi connectivity index (χ0n) is 21.2. The predicted octanol–water partition coefficient (Wildman–Crippen LogP) is 3.97. The van der Waals surface area contributed by atoms with Crippen LogP contribution in [0.5, 0.6) is 0 Å². The Kier molecular flexibility index (Phi) is 5.75. The molecular weight excluding hydrogens is 454 g/mol. The van der Waals surface area contributed by atoms with Crippen LogP contribution < -0.4 is 0 Å². The summed E-state index contributed by atoms with van der Waals surface area (Å²) in [6, 6.07) is 10.2. The van der Waals surface area contributed by atoms with E-state index in [-0.39, 0.29) is 29.1 Å². The van der Waals surface area contributed by atoms with E-state index in [2.05, 4.69) is 19.1 Å². The first-order valence-corrected chi connectivity index (χ1v) is 13.8. The van der Waals surface area contributed by atoms with Crippen LogP contribution in [-0.4, -0.2) is 51.4 Å². The molecule has 36 heavy (non-hydrogen) atoms. The van der Waals surface area contributed by atoms with E-state index in [0.717, 1.165) is 36.8 Å². The SMILES string of the molecule is CC12CCC3C(CCC4(O)CC(O)CCC34C=NCc3ccccc3)C1(O)CCC2C1=CC(=O)OC1. The second kappa shape index (κ2) is 8.50. The van der Waals surface area contributed by atoms with Gasteiger partial charge in [-0.1, -0.05) is 37.3 Å². The number of aliphatic hydroxyl groups excluding tert-OH is 1. The average Bonchev–Trinajstić information content (AvgIpc) is 3.40. The van der Waals surface area contributed by atoms with Crippen molar-refractivity contribution in [3.05, 3.63) is 47.5 Å². The van der Waals surface area contributed by atoms with Gasteiger partial charge in [0, 0.05) is 29.5 Å². The molecule has 3 N–H and O–H groups in total. The Morgan fingerprint density at radius 1 is 1.03 bits per heavy atom. The van der Waals surface area contributed by atoms with Crippen molar-refractivity contribution in [3.63, 3.8) is 0 Å². The molecule has 6 rings (SSSR count). The zero-order valence-corrected chi connectivity index (χ0v) is 21.2. The lowest BCUT2D eigenvalue weighted by atomic mass is 9.41. The molecule has 0 radical (unpaired) electrons. The van der Waals surface area contributed by atoms with Crippen molar-refractivity contribution in [2.75, 3.05) is 6.61 Å². The van der Waals surface area contributed by atoms with Crippen LogP contribution in [0.1, 0.15) is 70.3 Å². The maximum absolute atomic E-state index is 12.5. The summed E-state index contributed by atoms with van der Waals surface area (Å²) in [7, 11) is 0. The van der Waals surface area contributed by atoms with Crippen molar-refractivity contribution in [1.29, 1.82) is 0 Å². The molecule has 6 nitrogen and oxygen atoms in total. The van der Waals surface area contributed by atoms with Gasteiger partial charge in [-0.3, -0.25) is 4.99 Å². The zero-order chi connectivity index (χ0) is 25.2. The number of ether oxygens (including phenoxy) is 1. The lowest BCUT2D eigenvalue weighted by Gasteiger charge is -2.65. The van der Waals surface area contributed by atoms with Crippen LogP contribution in [0.15, 0.2) is 47.0 Å². The van der Waals surface area contributed by atoms with E-state index in [1.807, 2.05) is 24.4 Å². The predicted molar refractivity (Wildman–Crippen MR) is 136 cm³/mol. The Morgan fingerprint density at radius 2 is 1.81 bits per heavy atom. The number of rotatable bonds is 4. The fraction of sp³-hybridized carbons (Fsp3) is 0.667. The normalized spacial score (nSPS) is 46.1. The number of aliphatic imine (C=N–C) groups is 1. The minimum absolute atomic E-state index is 0.0542. The molecule has 1 aromatic carbocycles. The van der Waals surface area contributed by atoms with Crippen molar-refractivity contribution in [2.24, 2.45) is 33.6 Å². The van der Waals surface area contributed by atoms with Crippen molar-refractivity contribution in [2.45, 2.75) is 88.6 Å². The van der Waals surface area contributed by atoms with Crippen LogP contribution in [-0.2, 0) is 16.1 Å². The maximum atomic E-state index is 12.5. The van der Waals surface area contributed by atoms with E-state index in [1.165, 1.54) is 0 Å². The van der Waals surface area contributed by atoms with Gasteiger partial charge in [0.2, 0.25) is 0 Å². The Balaban J connectivity index is 1.35. The van der Waals surface area contributed by atoms with E-state index in [1.54, 1.807) is 6.08 Å². The molecule has 5 aliphatic rings. The molecule has 0 saturated heterocycles. The second-order valence-corrected chi connectivity index (χ2v) is 12.5. The Morgan fingerprint density at radius 3 is 2.56 bits per heavy atom. The summed E-state index contributed by atoms with van der Waals surface area (Å²) in [6.45, 7) is 3.12. The van der Waals surface area contributed by atoms with E-state index >= 15 is 0 Å². The van der Waals surface area contributed by atoms with Crippen molar-refractivity contribution < 1.29 is 24.9 Å². The highest BCUT2D eigenvalue weighted by atomic mass is 16.5. The highest BCUT2D eigenvalue weighted by Gasteiger charge is 2.71. The van der Waals surface area contributed by atoms with Gasteiger partial charge in [0.1, 0.15) is 6.61 Å². The number of carbonyl (C=O) groups excluding carboxylic acids is 1. The van der Waals surface area contributed by atoms with Crippen LogP contribution in [0.2, 0.25) is 0 Å². The molecule has 1 aliphatic heterocycles. The van der Waals surface area contributed by atoms with Gasteiger partial charge in [0.25, 0.3) is 0 Å². The summed E-state index contributed by atoms with van der Waals surface area (Å²) in [5, 5.41) is 35.1. The molecule has 0 bridgehead atoms. The number of esters is 1. The topological polar surface area (TPSA) is 99.4 Å². The van der Waals surface area contributed by atoms with E-state index in [9.17, 15) is 20.1 Å². The Bertz CT molecular complexity index is 1090. The van der Waals surface area contributed by atoms with Crippen molar-refractivity contribution >= 4 is 12.2 Å².